The van der Waals surface area contributed by atoms with E-state index in [2.05, 4.69) is 90.4 Å². The number of nitrogens with zero attached hydrogens (tertiary/aromatic N) is 1. The molecule has 0 unspecified atom stereocenters. The van der Waals surface area contributed by atoms with Crippen LogP contribution in [-0.4, -0.2) is 309 Å². The topological polar surface area (TPSA) is 804 Å². The second-order valence-corrected chi connectivity index (χ2v) is 34.3. The average Bonchev–Trinajstić information content (AvgIpc) is 1.79. The first-order chi connectivity index (χ1) is 62.6. The molecule has 1 fully saturated rings. The van der Waals surface area contributed by atoms with Crippen molar-refractivity contribution in [2.75, 3.05) is 57.8 Å². The normalized spacial score (nSPS) is 16.2. The molecule has 0 aromatic heterocycles. The minimum atomic E-state index is -1.88. The fraction of sp³-hybridized carbons (Fsp3) is 0.631. The van der Waals surface area contributed by atoms with Crippen molar-refractivity contribution in [3.8, 4) is 11.5 Å². The van der Waals surface area contributed by atoms with Crippen LogP contribution in [0.2, 0.25) is 0 Å². The van der Waals surface area contributed by atoms with E-state index >= 15 is 0 Å². The third-order valence-electron chi connectivity index (χ3n) is 21.6. The van der Waals surface area contributed by atoms with Gasteiger partial charge in [0.2, 0.25) is 88.6 Å². The number of carbonyl (C=O) groups is 16. The molecular formula is C84H140N26O22S. The molecule has 1 aliphatic heterocycles. The van der Waals surface area contributed by atoms with E-state index in [4.69, 9.17) is 44.9 Å². The molecule has 0 aliphatic carbocycles. The molecule has 18 atom stereocenters. The number of aliphatic hydroxyl groups excluding tert-OH is 3. The van der Waals surface area contributed by atoms with Crippen LogP contribution in [0.15, 0.2) is 48.5 Å². The third kappa shape index (κ3) is 41.5. The number of hydrogen-bond donors (Lipinski definition) is 31. The van der Waals surface area contributed by atoms with E-state index in [0.717, 1.165) is 13.8 Å². The number of hydrogen-bond acceptors (Lipinski definition) is 27. The number of rotatable bonds is 60. The highest BCUT2D eigenvalue weighted by Gasteiger charge is 2.42. The number of likely N-dealkylation sites (tertiary alicyclic amines) is 1. The van der Waals surface area contributed by atoms with Gasteiger partial charge in [-0.25, -0.2) is 4.79 Å². The molecule has 1 heterocycles. The summed E-state index contributed by atoms with van der Waals surface area (Å²) in [4.78, 5) is 226. The summed E-state index contributed by atoms with van der Waals surface area (Å²) in [5.74, 6) is -18.8. The molecule has 15 amide bonds. The van der Waals surface area contributed by atoms with E-state index in [1.54, 1.807) is 47.8 Å². The van der Waals surface area contributed by atoms with Gasteiger partial charge in [-0.2, -0.15) is 11.8 Å². The number of benzene rings is 2. The van der Waals surface area contributed by atoms with E-state index in [1.807, 2.05) is 0 Å². The third-order valence-corrected chi connectivity index (χ3v) is 22.3. The predicted molar refractivity (Wildman–Crippen MR) is 491 cm³/mol. The van der Waals surface area contributed by atoms with Crippen molar-refractivity contribution in [2.24, 2.45) is 46.4 Å². The Labute approximate surface area is 776 Å². The standard InChI is InChI=1S/C84H140N26O22S/c1-11-44(6)64(106-72(122)55(21-16-35-95-84(91)92)100-70(120)54(19-12-13-32-85)99-68(118)52(86)18-14-33-93-82(87)88)78(128)108-65(45(7)111)79(129)101-56(31-37-133-10)69(119)97-41-61(117)110-36-17-22-59(110)75(125)96-40-60(116)98-53(20-15-34-94-83(89)90)71(121)104-63(43(4)5)77(127)105-62(42(2)3)76(126)103-57(38-48-23-27-50(114)28-24-48)73(123)102-58(39-49-25-29-51(115)30-26-49)74(124)107-66(46(8)112)80(130)109-67(47(9)113)81(131)132/h23-30,42-47,52-59,62-67,111-115H,11-22,31-41,85-86H2,1-10H3,(H,96,125)(H,97,119)(H,98,116)(H,99,118)(H,100,120)(H,101,129)(H,102,123)(H,103,126)(H,104,121)(H,105,127)(H,106,122)(H,107,124)(H,108,128)(H,109,130)(H,131,132)(H4,87,88,93)(H4,89,90,94)(H4,91,92,95)/t44-,45+,46+,47+,52-,53-,54-,55-,56-,57-,58-,59-,62-,63-,64-,65-,66-,67-/m0/s1. The number of aromatic hydroxyl groups is 2. The lowest BCUT2D eigenvalue weighted by molar-refractivity contribution is -0.146. The summed E-state index contributed by atoms with van der Waals surface area (Å²) >= 11 is 1.29. The maximum absolute atomic E-state index is 14.7. The minimum Gasteiger partial charge on any atom is -0.508 e. The second kappa shape index (κ2) is 59.1. The Morgan fingerprint density at radius 2 is 0.789 bits per heavy atom. The summed E-state index contributed by atoms with van der Waals surface area (Å²) in [5, 5.41) is 128. The lowest BCUT2D eigenvalue weighted by Crippen LogP contribution is -2.62. The Bertz CT molecular complexity index is 4230. The van der Waals surface area contributed by atoms with Gasteiger partial charge in [0.15, 0.2) is 23.9 Å². The summed E-state index contributed by atoms with van der Waals surface area (Å²) in [6, 6.07) is -10.0. The number of carboxylic acids is 1. The van der Waals surface area contributed by atoms with Crippen LogP contribution in [0.5, 0.6) is 11.5 Å². The molecule has 0 bridgehead atoms. The molecule has 0 spiro atoms. The number of guanidine groups is 3. The molecule has 0 radical (unpaired) electrons. The molecule has 48 nitrogen and oxygen atoms in total. The molecule has 49 heteroatoms. The van der Waals surface area contributed by atoms with E-state index < -0.39 is 234 Å². The Kier molecular flexibility index (Phi) is 51.0. The molecule has 2 aromatic carbocycles. The van der Waals surface area contributed by atoms with E-state index in [-0.39, 0.29) is 133 Å². The van der Waals surface area contributed by atoms with Crippen molar-refractivity contribution in [3.05, 3.63) is 59.7 Å². The summed E-state index contributed by atoms with van der Waals surface area (Å²) < 4.78 is 0. The van der Waals surface area contributed by atoms with Gasteiger partial charge >= 0.3 is 5.97 Å². The number of phenolic OH excluding ortho intramolecular Hbond substituents is 2. The number of phenols is 2. The zero-order chi connectivity index (χ0) is 100. The molecular weight excluding hydrogens is 1760 g/mol. The predicted octanol–water partition coefficient (Wildman–Crippen LogP) is -7.49. The average molecular weight is 1900 g/mol. The monoisotopic (exact) mass is 1900 g/mol. The van der Waals surface area contributed by atoms with Crippen LogP contribution >= 0.6 is 11.8 Å². The van der Waals surface area contributed by atoms with Crippen LogP contribution in [0.3, 0.4) is 0 Å². The summed E-state index contributed by atoms with van der Waals surface area (Å²) in [6.45, 7) is 12.1. The SMILES string of the molecule is CC[C@H](C)[C@H](NC(=O)[C@H](CCCNC(=N)N)NC(=O)[C@H](CCCCN)NC(=O)[C@@H](N)CCCNC(=N)N)C(=O)N[C@H](C(=O)N[C@@H](CCSC)C(=O)NCC(=O)N1CCC[C@H]1C(=O)NCC(=O)N[C@@H](CCCNC(=N)N)C(=O)N[C@H](C(=O)N[C@H](C(=O)N[C@@H](Cc1ccc(O)cc1)C(=O)N[C@@H](Cc1ccc(O)cc1)C(=O)N[C@H](C(=O)N[C@H](C(=O)O)[C@@H](C)O)[C@@H](C)O)C(C)C)C(C)C)[C@@H](C)O. The van der Waals surface area contributed by atoms with Gasteiger partial charge in [0, 0.05) is 39.0 Å². The van der Waals surface area contributed by atoms with Crippen LogP contribution < -0.4 is 119 Å². The van der Waals surface area contributed by atoms with Crippen molar-refractivity contribution in [1.29, 1.82) is 16.2 Å². The van der Waals surface area contributed by atoms with Gasteiger partial charge in [0.05, 0.1) is 37.4 Å². The first-order valence-electron chi connectivity index (χ1n) is 44.1. The zero-order valence-corrected chi connectivity index (χ0v) is 77.7. The number of nitrogens with one attached hydrogen (secondary N) is 20. The highest BCUT2D eigenvalue weighted by Crippen LogP contribution is 2.21. The lowest BCUT2D eigenvalue weighted by Gasteiger charge is -2.30. The number of carbonyl (C=O) groups excluding carboxylic acids is 15. The Balaban J connectivity index is 1.83. The molecule has 1 saturated heterocycles. The van der Waals surface area contributed by atoms with Crippen LogP contribution in [0.1, 0.15) is 157 Å². The molecule has 133 heavy (non-hydrogen) atoms. The van der Waals surface area contributed by atoms with Gasteiger partial charge in [-0.05, 0) is 170 Å². The van der Waals surface area contributed by atoms with E-state index in [9.17, 15) is 107 Å². The number of unbranched alkanes of at least 4 members (excludes halogenated alkanes) is 1. The van der Waals surface area contributed by atoms with Crippen LogP contribution in [0, 0.1) is 34.0 Å². The van der Waals surface area contributed by atoms with Crippen molar-refractivity contribution in [3.63, 3.8) is 0 Å². The van der Waals surface area contributed by atoms with Gasteiger partial charge < -0.3 is 155 Å². The number of carboxylic acid groups (broad SMARTS) is 1. The highest BCUT2D eigenvalue weighted by atomic mass is 32.2. The molecule has 36 N–H and O–H groups in total. The Hall–Kier alpha value is -12.5. The maximum Gasteiger partial charge on any atom is 0.328 e. The van der Waals surface area contributed by atoms with Crippen LogP contribution in [0.4, 0.5) is 0 Å². The summed E-state index contributed by atoms with van der Waals surface area (Å²) in [5.41, 5.74) is 29.0. The summed E-state index contributed by atoms with van der Waals surface area (Å²) in [7, 11) is 0. The van der Waals surface area contributed by atoms with Gasteiger partial charge in [0.1, 0.15) is 84.0 Å². The number of amides is 15. The van der Waals surface area contributed by atoms with Gasteiger partial charge in [-0.1, -0.05) is 72.2 Å². The molecule has 0 saturated carbocycles. The Morgan fingerprint density at radius 3 is 1.25 bits per heavy atom. The van der Waals surface area contributed by atoms with Crippen molar-refractivity contribution in [2.45, 2.75) is 262 Å². The number of thioether (sulfide) groups is 1. The Morgan fingerprint density at radius 1 is 0.429 bits per heavy atom. The fourth-order valence-electron chi connectivity index (χ4n) is 13.8. The summed E-state index contributed by atoms with van der Waals surface area (Å²) in [6.07, 6.45) is -1.90. The van der Waals surface area contributed by atoms with Crippen molar-refractivity contribution in [1.82, 2.24) is 95.3 Å². The second-order valence-electron chi connectivity index (χ2n) is 33.3. The van der Waals surface area contributed by atoms with Crippen molar-refractivity contribution >= 4 is 124 Å². The molecule has 2 aromatic rings. The minimum absolute atomic E-state index is 0.0184. The quantitative estimate of drug-likeness (QED) is 0.0166. The lowest BCUT2D eigenvalue weighted by atomic mass is 9.96. The number of nitrogens with two attached hydrogens (primary N) is 5. The first kappa shape index (κ1) is 115. The smallest absolute Gasteiger partial charge is 0.328 e. The maximum atomic E-state index is 14.7. The van der Waals surface area contributed by atoms with Gasteiger partial charge in [-0.15, -0.1) is 0 Å². The number of aliphatic hydroxyl groups is 3. The van der Waals surface area contributed by atoms with E-state index in [0.29, 0.717) is 36.8 Å². The highest BCUT2D eigenvalue weighted by molar-refractivity contribution is 7.98. The largest absolute Gasteiger partial charge is 0.508 e. The number of aliphatic carboxylic acids is 1. The van der Waals surface area contributed by atoms with Gasteiger partial charge in [-0.3, -0.25) is 88.1 Å². The molecule has 3 rings (SSSR count). The van der Waals surface area contributed by atoms with Crippen molar-refractivity contribution < 1.29 is 107 Å². The van der Waals surface area contributed by atoms with Crippen LogP contribution in [0.25, 0.3) is 0 Å². The fourth-order valence-corrected chi connectivity index (χ4v) is 14.2. The van der Waals surface area contributed by atoms with E-state index in [1.165, 1.54) is 72.1 Å². The molecule has 1 aliphatic rings. The van der Waals surface area contributed by atoms with Crippen LogP contribution in [-0.2, 0) is 89.6 Å². The first-order valence-corrected chi connectivity index (χ1v) is 45.5. The van der Waals surface area contributed by atoms with Gasteiger partial charge in [0.25, 0.3) is 0 Å². The zero-order valence-electron chi connectivity index (χ0n) is 76.9. The molecule has 744 valence electrons.